The first-order valence-electron chi connectivity index (χ1n) is 16.0. The third-order valence-corrected chi connectivity index (χ3v) is 9.20. The molecule has 0 bridgehead atoms. The summed E-state index contributed by atoms with van der Waals surface area (Å²) in [7, 11) is 0. The Balaban J connectivity index is 2.91. The van der Waals surface area contributed by atoms with Crippen LogP contribution < -0.4 is 5.73 Å². The maximum absolute atomic E-state index is 12.0. The van der Waals surface area contributed by atoms with E-state index in [1.165, 1.54) is 0 Å². The van der Waals surface area contributed by atoms with Crippen LogP contribution >= 0.6 is 0 Å². The van der Waals surface area contributed by atoms with Gasteiger partial charge in [0, 0.05) is 36.0 Å². The zero-order chi connectivity index (χ0) is 33.9. The predicted molar refractivity (Wildman–Crippen MR) is 173 cm³/mol. The van der Waals surface area contributed by atoms with Gasteiger partial charge in [0.05, 0.1) is 30.3 Å². The van der Waals surface area contributed by atoms with Gasteiger partial charge in [0.15, 0.2) is 0 Å². The molecular weight excluding hydrogens is 562 g/mol. The first-order valence-corrected chi connectivity index (χ1v) is 16.0. The Kier molecular flexibility index (Phi) is 16.6. The number of amides is 1. The molecule has 1 amide bonds. The average Bonchev–Trinajstić information content (AvgIpc) is 2.96. The van der Waals surface area contributed by atoms with Crippen molar-refractivity contribution in [1.29, 1.82) is 0 Å². The van der Waals surface area contributed by atoms with E-state index in [4.69, 9.17) is 15.2 Å². The van der Waals surface area contributed by atoms with Crippen LogP contribution in [0.4, 0.5) is 4.79 Å². The number of hydrogen-bond acceptors (Lipinski definition) is 8. The topological polar surface area (TPSA) is 160 Å². The normalized spacial score (nSPS) is 27.7. The van der Waals surface area contributed by atoms with Gasteiger partial charge in [0.2, 0.25) is 0 Å². The lowest BCUT2D eigenvalue weighted by molar-refractivity contribution is -0.179. The molecule has 1 heterocycles. The zero-order valence-corrected chi connectivity index (χ0v) is 28.2. The second-order valence-corrected chi connectivity index (χ2v) is 13.3. The lowest BCUT2D eigenvalue weighted by Crippen LogP contribution is -2.47. The third kappa shape index (κ3) is 11.8. The second-order valence-electron chi connectivity index (χ2n) is 13.3. The van der Waals surface area contributed by atoms with Crippen molar-refractivity contribution in [2.24, 2.45) is 53.1 Å². The smallest absolute Gasteiger partial charge is 0.404 e. The molecule has 44 heavy (non-hydrogen) atoms. The van der Waals surface area contributed by atoms with Crippen LogP contribution in [-0.2, 0) is 14.3 Å². The third-order valence-electron chi connectivity index (χ3n) is 9.20. The van der Waals surface area contributed by atoms with Gasteiger partial charge in [-0.15, -0.1) is 0 Å². The average molecular weight is 622 g/mol. The quantitative estimate of drug-likeness (QED) is 0.0868. The summed E-state index contributed by atoms with van der Waals surface area (Å²) in [6.07, 6.45) is 6.13. The van der Waals surface area contributed by atoms with Crippen molar-refractivity contribution in [1.82, 2.24) is 0 Å². The number of nitrogens with two attached hydrogens (primary N) is 1. The summed E-state index contributed by atoms with van der Waals surface area (Å²) in [5.41, 5.74) is 6.43. The van der Waals surface area contributed by atoms with Gasteiger partial charge in [0.1, 0.15) is 12.2 Å². The Morgan fingerprint density at radius 1 is 0.977 bits per heavy atom. The Bertz CT molecular complexity index is 1010. The SMILES string of the molecule is C=C/C=C\[C@H](C)[C@H](OC(N)=O)[C@@H](C)[C@H](O)[C@@H](C)C/C(=C\[C@H](C)[C@@H](O)[C@@H](C)/C=C\[C@@H](O)C[C@@H]1OC(=O)[C@H](C)[C@@H](O)[C@H]1C)C(C)C. The van der Waals surface area contributed by atoms with E-state index in [1.54, 1.807) is 38.2 Å². The molecule has 0 unspecified atom stereocenters. The van der Waals surface area contributed by atoms with Crippen LogP contribution in [0.25, 0.3) is 0 Å². The molecule has 0 aromatic carbocycles. The number of carbonyl (C=O) groups is 2. The maximum atomic E-state index is 12.0. The van der Waals surface area contributed by atoms with Crippen LogP contribution in [0.1, 0.15) is 75.2 Å². The summed E-state index contributed by atoms with van der Waals surface area (Å²) >= 11 is 0. The number of cyclic esters (lactones) is 1. The highest BCUT2D eigenvalue weighted by Crippen LogP contribution is 2.32. The monoisotopic (exact) mass is 621 g/mol. The zero-order valence-electron chi connectivity index (χ0n) is 28.2. The standard InChI is InChI=1S/C35H59NO8/c1-11-12-13-21(5)33(44-35(36)42)25(9)31(39)23(7)17-27(19(2)3)16-22(6)30(38)20(4)14-15-28(37)18-29-24(8)32(40)26(10)34(41)43-29/h11-16,19-26,28-33,37-40H,1,17-18H2,2-10H3,(H2,36,42)/b13-12-,15-14-,27-16+/t20-,21-,22-,23-,24-,25-,26+,28+,29-,30-,31+,32-,33-/m0/s1. The summed E-state index contributed by atoms with van der Waals surface area (Å²) < 4.78 is 10.8. The molecule has 252 valence electrons. The maximum Gasteiger partial charge on any atom is 0.404 e. The fraction of sp³-hybridized carbons (Fsp3) is 0.714. The number of aliphatic hydroxyl groups excluding tert-OH is 4. The van der Waals surface area contributed by atoms with Crippen molar-refractivity contribution in [3.05, 3.63) is 48.6 Å². The van der Waals surface area contributed by atoms with Crippen LogP contribution in [0.2, 0.25) is 0 Å². The van der Waals surface area contributed by atoms with Crippen molar-refractivity contribution < 1.29 is 39.5 Å². The van der Waals surface area contributed by atoms with E-state index in [1.807, 2.05) is 40.7 Å². The molecule has 1 saturated heterocycles. The highest BCUT2D eigenvalue weighted by Gasteiger charge is 2.41. The molecular formula is C35H59NO8. The molecule has 1 aliphatic heterocycles. The van der Waals surface area contributed by atoms with E-state index in [2.05, 4.69) is 26.5 Å². The molecule has 1 rings (SSSR count). The van der Waals surface area contributed by atoms with Gasteiger partial charge in [-0.05, 0) is 25.2 Å². The number of rotatable bonds is 17. The van der Waals surface area contributed by atoms with Gasteiger partial charge < -0.3 is 35.6 Å². The minimum atomic E-state index is -0.899. The van der Waals surface area contributed by atoms with Crippen LogP contribution in [0.5, 0.6) is 0 Å². The molecule has 0 radical (unpaired) electrons. The van der Waals surface area contributed by atoms with E-state index in [0.717, 1.165) is 5.57 Å². The molecule has 6 N–H and O–H groups in total. The van der Waals surface area contributed by atoms with Crippen LogP contribution in [0.3, 0.4) is 0 Å². The fourth-order valence-electron chi connectivity index (χ4n) is 5.98. The molecule has 0 aromatic rings. The minimum Gasteiger partial charge on any atom is -0.462 e. The van der Waals surface area contributed by atoms with Gasteiger partial charge in [0.25, 0.3) is 0 Å². The highest BCUT2D eigenvalue weighted by molar-refractivity contribution is 5.73. The van der Waals surface area contributed by atoms with Crippen molar-refractivity contribution in [3.8, 4) is 0 Å². The first-order chi connectivity index (χ1) is 20.4. The highest BCUT2D eigenvalue weighted by atomic mass is 16.6. The number of ether oxygens (including phenoxy) is 2. The first kappa shape index (κ1) is 39.6. The summed E-state index contributed by atoms with van der Waals surface area (Å²) in [5.74, 6) is -2.40. The fourth-order valence-corrected chi connectivity index (χ4v) is 5.98. The number of esters is 1. The van der Waals surface area contributed by atoms with Crippen LogP contribution in [0.15, 0.2) is 48.6 Å². The molecule has 1 fully saturated rings. The summed E-state index contributed by atoms with van der Waals surface area (Å²) in [6.45, 7) is 20.8. The van der Waals surface area contributed by atoms with Gasteiger partial charge in [-0.3, -0.25) is 4.79 Å². The Morgan fingerprint density at radius 3 is 2.14 bits per heavy atom. The van der Waals surface area contributed by atoms with Gasteiger partial charge in [-0.2, -0.15) is 0 Å². The lowest BCUT2D eigenvalue weighted by atomic mass is 9.79. The number of allylic oxidation sites excluding steroid dienone is 3. The van der Waals surface area contributed by atoms with E-state index in [-0.39, 0.29) is 47.8 Å². The molecule has 0 aliphatic carbocycles. The number of aliphatic hydroxyl groups is 4. The largest absolute Gasteiger partial charge is 0.462 e. The van der Waals surface area contributed by atoms with E-state index in [0.29, 0.717) is 6.42 Å². The van der Waals surface area contributed by atoms with Crippen LogP contribution in [-0.4, -0.2) is 69.1 Å². The predicted octanol–water partition coefficient (Wildman–Crippen LogP) is 4.93. The molecule has 13 atom stereocenters. The molecule has 9 heteroatoms. The van der Waals surface area contributed by atoms with Gasteiger partial charge in [-0.1, -0.05) is 104 Å². The van der Waals surface area contributed by atoms with Crippen LogP contribution in [0, 0.1) is 47.3 Å². The molecule has 0 spiro atoms. The summed E-state index contributed by atoms with van der Waals surface area (Å²) in [6, 6.07) is 0. The molecule has 1 aliphatic rings. The van der Waals surface area contributed by atoms with Crippen molar-refractivity contribution in [3.63, 3.8) is 0 Å². The van der Waals surface area contributed by atoms with E-state index >= 15 is 0 Å². The molecule has 0 aromatic heterocycles. The lowest BCUT2D eigenvalue weighted by Gasteiger charge is -2.36. The van der Waals surface area contributed by atoms with E-state index in [9.17, 15) is 30.0 Å². The molecule has 0 saturated carbocycles. The van der Waals surface area contributed by atoms with Gasteiger partial charge >= 0.3 is 12.1 Å². The Hall–Kier alpha value is -2.46. The number of hydrogen-bond donors (Lipinski definition) is 5. The number of primary amides is 1. The van der Waals surface area contributed by atoms with Crippen molar-refractivity contribution in [2.75, 3.05) is 0 Å². The minimum absolute atomic E-state index is 0.163. The summed E-state index contributed by atoms with van der Waals surface area (Å²) in [4.78, 5) is 23.6. The summed E-state index contributed by atoms with van der Waals surface area (Å²) in [5, 5.41) is 43.3. The Labute approximate surface area is 264 Å². The Morgan fingerprint density at radius 2 is 1.59 bits per heavy atom. The molecule has 9 nitrogen and oxygen atoms in total. The van der Waals surface area contributed by atoms with Gasteiger partial charge in [-0.25, -0.2) is 4.79 Å². The van der Waals surface area contributed by atoms with Crippen molar-refractivity contribution >= 4 is 12.1 Å². The number of carbonyl (C=O) groups excluding carboxylic acids is 2. The van der Waals surface area contributed by atoms with Crippen molar-refractivity contribution in [2.45, 2.75) is 112 Å². The second kappa shape index (κ2) is 18.5. The van der Waals surface area contributed by atoms with E-state index < -0.39 is 54.6 Å².